The summed E-state index contributed by atoms with van der Waals surface area (Å²) in [6.07, 6.45) is 3.12. The van der Waals surface area contributed by atoms with Gasteiger partial charge in [0.25, 0.3) is 0 Å². The van der Waals surface area contributed by atoms with Crippen molar-refractivity contribution in [3.05, 3.63) is 12.8 Å². The molecule has 0 saturated carbocycles. The van der Waals surface area contributed by atoms with Gasteiger partial charge >= 0.3 is 0 Å². The van der Waals surface area contributed by atoms with Gasteiger partial charge in [-0.1, -0.05) is 26.8 Å². The maximum atomic E-state index is 3.67. The average molecular weight is 127 g/mol. The minimum absolute atomic E-state index is 0.785. The zero-order chi connectivity index (χ0) is 7.28. The maximum Gasteiger partial charge on any atom is 0.0194 e. The number of rotatable bonds is 4. The standard InChI is InChI=1S/C8H17N/c1-5-8(3)7-9(4)6-2/h6,8H,2,5,7H2,1,3-4H3. The van der Waals surface area contributed by atoms with E-state index in [1.165, 1.54) is 6.42 Å². The summed E-state index contributed by atoms with van der Waals surface area (Å²) in [6.45, 7) is 9.26. The molecule has 0 aliphatic carbocycles. The van der Waals surface area contributed by atoms with Crippen LogP contribution < -0.4 is 0 Å². The van der Waals surface area contributed by atoms with Gasteiger partial charge in [0.15, 0.2) is 0 Å². The summed E-state index contributed by atoms with van der Waals surface area (Å²) in [5.74, 6) is 0.785. The van der Waals surface area contributed by atoms with Crippen molar-refractivity contribution in [2.24, 2.45) is 5.92 Å². The van der Waals surface area contributed by atoms with Gasteiger partial charge in [0.05, 0.1) is 0 Å². The third kappa shape index (κ3) is 4.07. The molecule has 54 valence electrons. The molecule has 1 nitrogen and oxygen atoms in total. The van der Waals surface area contributed by atoms with Crippen LogP contribution in [0.3, 0.4) is 0 Å². The van der Waals surface area contributed by atoms with Crippen molar-refractivity contribution in [3.8, 4) is 0 Å². The van der Waals surface area contributed by atoms with Crippen LogP contribution in [0.1, 0.15) is 20.3 Å². The first-order valence-electron chi connectivity index (χ1n) is 3.53. The Morgan fingerprint density at radius 3 is 2.56 bits per heavy atom. The second-order valence-electron chi connectivity index (χ2n) is 2.64. The lowest BCUT2D eigenvalue weighted by Crippen LogP contribution is -2.17. The van der Waals surface area contributed by atoms with Crippen LogP contribution in [-0.2, 0) is 0 Å². The molecule has 0 N–H and O–H groups in total. The molecular weight excluding hydrogens is 110 g/mol. The predicted octanol–water partition coefficient (Wildman–Crippen LogP) is 2.11. The lowest BCUT2D eigenvalue weighted by atomic mass is 10.1. The third-order valence-electron chi connectivity index (χ3n) is 1.61. The lowest BCUT2D eigenvalue weighted by molar-refractivity contribution is 0.366. The molecule has 9 heavy (non-hydrogen) atoms. The molecular formula is C8H17N. The zero-order valence-corrected chi connectivity index (χ0v) is 6.72. The molecule has 1 unspecified atom stereocenters. The highest BCUT2D eigenvalue weighted by molar-refractivity contribution is 4.67. The fourth-order valence-electron chi connectivity index (χ4n) is 0.695. The molecule has 0 heterocycles. The summed E-state index contributed by atoms with van der Waals surface area (Å²) in [5, 5.41) is 0. The van der Waals surface area contributed by atoms with E-state index in [0.717, 1.165) is 12.5 Å². The summed E-state index contributed by atoms with van der Waals surface area (Å²) >= 11 is 0. The Labute approximate surface area is 58.4 Å². The molecule has 1 heteroatoms. The van der Waals surface area contributed by atoms with Crippen LogP contribution in [0.15, 0.2) is 12.8 Å². The molecule has 0 fully saturated rings. The Balaban J connectivity index is 3.33. The van der Waals surface area contributed by atoms with E-state index in [1.807, 2.05) is 6.20 Å². The van der Waals surface area contributed by atoms with E-state index in [4.69, 9.17) is 0 Å². The molecule has 0 aliphatic heterocycles. The Hall–Kier alpha value is -0.460. The Morgan fingerprint density at radius 2 is 2.22 bits per heavy atom. The van der Waals surface area contributed by atoms with Crippen LogP contribution >= 0.6 is 0 Å². The topological polar surface area (TPSA) is 3.24 Å². The van der Waals surface area contributed by atoms with Gasteiger partial charge in [0.1, 0.15) is 0 Å². The zero-order valence-electron chi connectivity index (χ0n) is 6.72. The van der Waals surface area contributed by atoms with Crippen molar-refractivity contribution in [1.29, 1.82) is 0 Å². The first kappa shape index (κ1) is 8.54. The van der Waals surface area contributed by atoms with Crippen LogP contribution in [0, 0.1) is 5.92 Å². The van der Waals surface area contributed by atoms with E-state index in [1.54, 1.807) is 0 Å². The SMILES string of the molecule is C=CN(C)CC(C)CC. The molecule has 0 spiro atoms. The Kier molecular flexibility index (Phi) is 4.20. The van der Waals surface area contributed by atoms with Crippen molar-refractivity contribution in [3.63, 3.8) is 0 Å². The first-order chi connectivity index (χ1) is 4.20. The molecule has 0 aromatic carbocycles. The maximum absolute atomic E-state index is 3.67. The molecule has 0 aromatic heterocycles. The molecule has 0 bridgehead atoms. The van der Waals surface area contributed by atoms with Crippen molar-refractivity contribution >= 4 is 0 Å². The molecule has 0 rings (SSSR count). The Morgan fingerprint density at radius 1 is 1.67 bits per heavy atom. The number of hydrogen-bond acceptors (Lipinski definition) is 1. The van der Waals surface area contributed by atoms with Crippen LogP contribution in [0.4, 0.5) is 0 Å². The normalized spacial score (nSPS) is 12.8. The van der Waals surface area contributed by atoms with Crippen molar-refractivity contribution in [2.45, 2.75) is 20.3 Å². The van der Waals surface area contributed by atoms with E-state index in [-0.39, 0.29) is 0 Å². The van der Waals surface area contributed by atoms with Gasteiger partial charge in [-0.2, -0.15) is 0 Å². The van der Waals surface area contributed by atoms with Gasteiger partial charge in [-0.15, -0.1) is 0 Å². The smallest absolute Gasteiger partial charge is 0.0194 e. The molecule has 0 aromatic rings. The minimum Gasteiger partial charge on any atom is -0.381 e. The van der Waals surface area contributed by atoms with Gasteiger partial charge in [0, 0.05) is 13.6 Å². The first-order valence-corrected chi connectivity index (χ1v) is 3.53. The predicted molar refractivity (Wildman–Crippen MR) is 42.3 cm³/mol. The van der Waals surface area contributed by atoms with Gasteiger partial charge in [-0.3, -0.25) is 0 Å². The molecule has 1 atom stereocenters. The van der Waals surface area contributed by atoms with Crippen molar-refractivity contribution in [1.82, 2.24) is 4.90 Å². The fourth-order valence-corrected chi connectivity index (χ4v) is 0.695. The third-order valence-corrected chi connectivity index (χ3v) is 1.61. The van der Waals surface area contributed by atoms with E-state index < -0.39 is 0 Å². The number of nitrogens with zero attached hydrogens (tertiary/aromatic N) is 1. The van der Waals surface area contributed by atoms with E-state index in [9.17, 15) is 0 Å². The summed E-state index contributed by atoms with van der Waals surface area (Å²) in [5.41, 5.74) is 0. The minimum atomic E-state index is 0.785. The summed E-state index contributed by atoms with van der Waals surface area (Å²) < 4.78 is 0. The van der Waals surface area contributed by atoms with E-state index >= 15 is 0 Å². The average Bonchev–Trinajstić information content (AvgIpc) is 1.87. The number of hydrogen-bond donors (Lipinski definition) is 0. The molecule has 0 amide bonds. The van der Waals surface area contributed by atoms with Crippen LogP contribution in [0.2, 0.25) is 0 Å². The second kappa shape index (κ2) is 4.42. The van der Waals surface area contributed by atoms with Crippen LogP contribution in [-0.4, -0.2) is 18.5 Å². The Bertz CT molecular complexity index is 78.6. The van der Waals surface area contributed by atoms with Crippen LogP contribution in [0.25, 0.3) is 0 Å². The van der Waals surface area contributed by atoms with Crippen molar-refractivity contribution in [2.75, 3.05) is 13.6 Å². The van der Waals surface area contributed by atoms with E-state index in [0.29, 0.717) is 0 Å². The van der Waals surface area contributed by atoms with E-state index in [2.05, 4.69) is 32.4 Å². The highest BCUT2D eigenvalue weighted by Crippen LogP contribution is 2.01. The van der Waals surface area contributed by atoms with Crippen molar-refractivity contribution < 1.29 is 0 Å². The molecule has 0 radical (unpaired) electrons. The summed E-state index contributed by atoms with van der Waals surface area (Å²) in [7, 11) is 2.05. The van der Waals surface area contributed by atoms with Gasteiger partial charge in [-0.25, -0.2) is 0 Å². The highest BCUT2D eigenvalue weighted by atomic mass is 15.1. The molecule has 0 saturated heterocycles. The summed E-state index contributed by atoms with van der Waals surface area (Å²) in [4.78, 5) is 2.12. The van der Waals surface area contributed by atoms with Gasteiger partial charge in [-0.05, 0) is 12.1 Å². The van der Waals surface area contributed by atoms with Crippen LogP contribution in [0.5, 0.6) is 0 Å². The lowest BCUT2D eigenvalue weighted by Gasteiger charge is -2.17. The second-order valence-corrected chi connectivity index (χ2v) is 2.64. The molecule has 0 aliphatic rings. The largest absolute Gasteiger partial charge is 0.381 e. The quantitative estimate of drug-likeness (QED) is 0.559. The van der Waals surface area contributed by atoms with Gasteiger partial charge in [0.2, 0.25) is 0 Å². The fraction of sp³-hybridized carbons (Fsp3) is 0.750. The summed E-state index contributed by atoms with van der Waals surface area (Å²) in [6, 6.07) is 0. The van der Waals surface area contributed by atoms with Gasteiger partial charge < -0.3 is 4.90 Å². The highest BCUT2D eigenvalue weighted by Gasteiger charge is 1.98. The monoisotopic (exact) mass is 127 g/mol.